The molecule has 0 heterocycles. The molecule has 0 aliphatic heterocycles. The summed E-state index contributed by atoms with van der Waals surface area (Å²) in [6.07, 6.45) is 20.0. The van der Waals surface area contributed by atoms with Gasteiger partial charge in [0.05, 0.1) is 6.10 Å². The summed E-state index contributed by atoms with van der Waals surface area (Å²) in [4.78, 5) is 12.0. The molecule has 0 aromatic heterocycles. The molecule has 0 fully saturated rings. The molecule has 3 unspecified atom stereocenters. The number of nitrogens with two attached hydrogens (primary N) is 1. The van der Waals surface area contributed by atoms with Crippen molar-refractivity contribution in [3.8, 4) is 0 Å². The number of rotatable bonds is 19. The highest BCUT2D eigenvalue weighted by atomic mass is 16.3. The van der Waals surface area contributed by atoms with Crippen molar-refractivity contribution in [1.82, 2.24) is 0 Å². The first-order valence-corrected chi connectivity index (χ1v) is 11.5. The van der Waals surface area contributed by atoms with Crippen molar-refractivity contribution in [1.29, 1.82) is 0 Å². The highest BCUT2D eigenvalue weighted by Crippen LogP contribution is 2.15. The molecule has 0 bridgehead atoms. The summed E-state index contributed by atoms with van der Waals surface area (Å²) in [7, 11) is 0. The Hall–Kier alpha value is -0.410. The van der Waals surface area contributed by atoms with Gasteiger partial charge in [-0.1, -0.05) is 104 Å². The number of aliphatic hydroxyl groups is 1. The Morgan fingerprint density at radius 2 is 1.08 bits per heavy atom. The predicted octanol–water partition coefficient (Wildman–Crippen LogP) is 6.16. The minimum atomic E-state index is -0.616. The van der Waals surface area contributed by atoms with E-state index in [0.29, 0.717) is 6.42 Å². The van der Waals surface area contributed by atoms with Gasteiger partial charge in [-0.05, 0) is 13.3 Å². The molecule has 0 spiro atoms. The fraction of sp³-hybridized carbons (Fsp3) is 0.957. The minimum Gasteiger partial charge on any atom is -0.392 e. The maximum atomic E-state index is 12.0. The quantitative estimate of drug-likeness (QED) is 0.268. The van der Waals surface area contributed by atoms with Gasteiger partial charge in [0.25, 0.3) is 0 Å². The lowest BCUT2D eigenvalue weighted by Crippen LogP contribution is -2.41. The van der Waals surface area contributed by atoms with Gasteiger partial charge in [-0.25, -0.2) is 0 Å². The summed E-state index contributed by atoms with van der Waals surface area (Å²) >= 11 is 0. The van der Waals surface area contributed by atoms with Crippen LogP contribution in [0.25, 0.3) is 0 Å². The lowest BCUT2D eigenvalue weighted by Gasteiger charge is -2.21. The zero-order chi connectivity index (χ0) is 19.6. The second-order valence-corrected chi connectivity index (χ2v) is 8.27. The fourth-order valence-corrected chi connectivity index (χ4v) is 3.53. The molecule has 0 aliphatic carbocycles. The minimum absolute atomic E-state index is 0.202. The van der Waals surface area contributed by atoms with Crippen molar-refractivity contribution in [3.05, 3.63) is 0 Å². The van der Waals surface area contributed by atoms with Crippen LogP contribution >= 0.6 is 0 Å². The molecule has 0 aliphatic rings. The number of unbranched alkanes of at least 4 members (excludes halogenated alkanes) is 14. The van der Waals surface area contributed by atoms with E-state index in [1.807, 2.05) is 6.92 Å². The Labute approximate surface area is 163 Å². The van der Waals surface area contributed by atoms with Gasteiger partial charge in [0.1, 0.15) is 5.78 Å². The molecule has 0 radical (unpaired) electrons. The summed E-state index contributed by atoms with van der Waals surface area (Å²) in [5.74, 6) is -0.0326. The molecule has 3 nitrogen and oxygen atoms in total. The Balaban J connectivity index is 3.30. The van der Waals surface area contributed by atoms with Gasteiger partial charge in [-0.3, -0.25) is 4.79 Å². The summed E-state index contributed by atoms with van der Waals surface area (Å²) in [6, 6.07) is -0.432. The zero-order valence-electron chi connectivity index (χ0n) is 18.0. The monoisotopic (exact) mass is 369 g/mol. The smallest absolute Gasteiger partial charge is 0.137 e. The van der Waals surface area contributed by atoms with Crippen molar-refractivity contribution < 1.29 is 9.90 Å². The van der Waals surface area contributed by atoms with E-state index in [1.165, 1.54) is 83.5 Å². The largest absolute Gasteiger partial charge is 0.392 e. The van der Waals surface area contributed by atoms with Crippen LogP contribution in [0, 0.1) is 5.92 Å². The topological polar surface area (TPSA) is 63.3 Å². The van der Waals surface area contributed by atoms with E-state index in [4.69, 9.17) is 5.73 Å². The molecule has 0 rings (SSSR count). The average molecular weight is 370 g/mol. The zero-order valence-corrected chi connectivity index (χ0v) is 18.0. The number of aliphatic hydroxyl groups excluding tert-OH is 1. The van der Waals surface area contributed by atoms with Crippen LogP contribution < -0.4 is 5.73 Å². The van der Waals surface area contributed by atoms with Gasteiger partial charge in [-0.15, -0.1) is 0 Å². The Bertz CT molecular complexity index is 317. The van der Waals surface area contributed by atoms with E-state index in [9.17, 15) is 9.90 Å². The van der Waals surface area contributed by atoms with Crippen molar-refractivity contribution >= 4 is 5.78 Å². The molecule has 3 N–H and O–H groups in total. The van der Waals surface area contributed by atoms with Crippen LogP contribution in [0.2, 0.25) is 0 Å². The fourth-order valence-electron chi connectivity index (χ4n) is 3.53. The third kappa shape index (κ3) is 14.7. The number of Topliss-reactive ketones (excluding diaryl/α,β-unsaturated/α-hetero) is 1. The second kappa shape index (κ2) is 18.0. The van der Waals surface area contributed by atoms with Crippen LogP contribution in [0.15, 0.2) is 0 Å². The SMILES string of the molecule is CCCCCCCCCCCCCCCCCC(=O)C(C)C(N)C(C)O. The number of carbonyl (C=O) groups is 1. The summed E-state index contributed by atoms with van der Waals surface area (Å²) < 4.78 is 0. The third-order valence-corrected chi connectivity index (χ3v) is 5.67. The van der Waals surface area contributed by atoms with Gasteiger partial charge in [0, 0.05) is 18.4 Å². The van der Waals surface area contributed by atoms with Crippen LogP contribution in [0.3, 0.4) is 0 Å². The maximum Gasteiger partial charge on any atom is 0.137 e. The van der Waals surface area contributed by atoms with Crippen LogP contribution in [-0.4, -0.2) is 23.0 Å². The Kier molecular flexibility index (Phi) is 17.7. The molecule has 0 aromatic carbocycles. The van der Waals surface area contributed by atoms with E-state index in [0.717, 1.165) is 12.8 Å². The molecule has 3 heteroatoms. The molecule has 0 saturated carbocycles. The number of ketones is 1. The lowest BCUT2D eigenvalue weighted by molar-refractivity contribution is -0.123. The van der Waals surface area contributed by atoms with Crippen molar-refractivity contribution in [2.45, 2.75) is 136 Å². The van der Waals surface area contributed by atoms with Gasteiger partial charge in [-0.2, -0.15) is 0 Å². The van der Waals surface area contributed by atoms with Crippen LogP contribution in [0.5, 0.6) is 0 Å². The number of hydrogen-bond acceptors (Lipinski definition) is 3. The number of hydrogen-bond donors (Lipinski definition) is 2. The van der Waals surface area contributed by atoms with Crippen LogP contribution in [-0.2, 0) is 4.79 Å². The first-order chi connectivity index (χ1) is 12.5. The van der Waals surface area contributed by atoms with E-state index in [2.05, 4.69) is 6.92 Å². The first kappa shape index (κ1) is 25.6. The summed E-state index contributed by atoms with van der Waals surface area (Å²) in [5.41, 5.74) is 5.85. The molecule has 0 saturated heterocycles. The van der Waals surface area contributed by atoms with Gasteiger partial charge < -0.3 is 10.8 Å². The lowest BCUT2D eigenvalue weighted by atomic mass is 9.91. The third-order valence-electron chi connectivity index (χ3n) is 5.67. The van der Waals surface area contributed by atoms with Crippen molar-refractivity contribution in [3.63, 3.8) is 0 Å². The summed E-state index contributed by atoms with van der Waals surface area (Å²) in [6.45, 7) is 5.77. The van der Waals surface area contributed by atoms with E-state index < -0.39 is 12.1 Å². The molecular formula is C23H47NO2. The normalized spacial score (nSPS) is 15.0. The molecule has 26 heavy (non-hydrogen) atoms. The Morgan fingerprint density at radius 1 is 0.731 bits per heavy atom. The van der Waals surface area contributed by atoms with Crippen molar-refractivity contribution in [2.75, 3.05) is 0 Å². The predicted molar refractivity (Wildman–Crippen MR) is 113 cm³/mol. The first-order valence-electron chi connectivity index (χ1n) is 11.5. The molecule has 0 aromatic rings. The van der Waals surface area contributed by atoms with Gasteiger partial charge >= 0.3 is 0 Å². The average Bonchev–Trinajstić information content (AvgIpc) is 2.63. The maximum absolute atomic E-state index is 12.0. The molecule has 3 atom stereocenters. The molecule has 0 amide bonds. The van der Waals surface area contributed by atoms with Gasteiger partial charge in [0.15, 0.2) is 0 Å². The standard InChI is InChI=1S/C23H47NO2/c1-4-5-6-7-8-9-10-11-12-13-14-15-16-17-18-19-22(26)20(2)23(24)21(3)25/h20-21,23,25H,4-19,24H2,1-3H3. The van der Waals surface area contributed by atoms with Crippen molar-refractivity contribution in [2.24, 2.45) is 11.7 Å². The summed E-state index contributed by atoms with van der Waals surface area (Å²) in [5, 5.41) is 9.47. The highest BCUT2D eigenvalue weighted by Gasteiger charge is 2.23. The molecular weight excluding hydrogens is 322 g/mol. The molecule has 156 valence electrons. The van der Waals surface area contributed by atoms with Crippen LogP contribution in [0.4, 0.5) is 0 Å². The van der Waals surface area contributed by atoms with E-state index in [1.54, 1.807) is 6.92 Å². The van der Waals surface area contributed by atoms with E-state index >= 15 is 0 Å². The van der Waals surface area contributed by atoms with Crippen LogP contribution in [0.1, 0.15) is 124 Å². The second-order valence-electron chi connectivity index (χ2n) is 8.27. The van der Waals surface area contributed by atoms with Gasteiger partial charge in [0.2, 0.25) is 0 Å². The highest BCUT2D eigenvalue weighted by molar-refractivity contribution is 5.81. The number of carbonyl (C=O) groups excluding carboxylic acids is 1. The Morgan fingerprint density at radius 3 is 1.42 bits per heavy atom. The van der Waals surface area contributed by atoms with E-state index in [-0.39, 0.29) is 11.7 Å².